The van der Waals surface area contributed by atoms with Gasteiger partial charge in [0.1, 0.15) is 0 Å². The molecule has 0 aromatic heterocycles. The molecule has 0 aliphatic carbocycles. The molecule has 4 nitrogen and oxygen atoms in total. The Hall–Kier alpha value is -1.81. The SMILES string of the molecule is CC(C)(CCCO)CNC(=O)/C=C/c1ccc(N)cc1. The van der Waals surface area contributed by atoms with E-state index in [4.69, 9.17) is 10.8 Å². The van der Waals surface area contributed by atoms with Gasteiger partial charge in [0.2, 0.25) is 5.91 Å². The van der Waals surface area contributed by atoms with E-state index in [0.717, 1.165) is 18.4 Å². The van der Waals surface area contributed by atoms with E-state index in [-0.39, 0.29) is 17.9 Å². The molecule has 20 heavy (non-hydrogen) atoms. The lowest BCUT2D eigenvalue weighted by atomic mass is 9.88. The molecule has 1 aromatic rings. The molecule has 0 aliphatic rings. The van der Waals surface area contributed by atoms with Gasteiger partial charge in [-0.15, -0.1) is 0 Å². The monoisotopic (exact) mass is 276 g/mol. The van der Waals surface area contributed by atoms with Gasteiger partial charge in [-0.2, -0.15) is 0 Å². The predicted molar refractivity (Wildman–Crippen MR) is 83.0 cm³/mol. The fourth-order valence-electron chi connectivity index (χ4n) is 1.81. The zero-order valence-corrected chi connectivity index (χ0v) is 12.2. The van der Waals surface area contributed by atoms with Crippen molar-refractivity contribution in [1.29, 1.82) is 0 Å². The maximum atomic E-state index is 11.7. The Morgan fingerprint density at radius 1 is 1.35 bits per heavy atom. The van der Waals surface area contributed by atoms with Gasteiger partial charge in [0.25, 0.3) is 0 Å². The molecule has 0 radical (unpaired) electrons. The summed E-state index contributed by atoms with van der Waals surface area (Å²) in [5, 5.41) is 11.7. The molecule has 0 unspecified atom stereocenters. The summed E-state index contributed by atoms with van der Waals surface area (Å²) < 4.78 is 0. The number of benzene rings is 1. The third-order valence-corrected chi connectivity index (χ3v) is 3.12. The molecule has 0 saturated heterocycles. The number of carbonyl (C=O) groups is 1. The molecule has 0 bridgehead atoms. The maximum absolute atomic E-state index is 11.7. The van der Waals surface area contributed by atoms with Gasteiger partial charge in [0.05, 0.1) is 0 Å². The van der Waals surface area contributed by atoms with Crippen LogP contribution in [0.15, 0.2) is 30.3 Å². The molecular formula is C16H24N2O2. The van der Waals surface area contributed by atoms with Crippen LogP contribution in [0, 0.1) is 5.41 Å². The van der Waals surface area contributed by atoms with Crippen molar-refractivity contribution in [1.82, 2.24) is 5.32 Å². The summed E-state index contributed by atoms with van der Waals surface area (Å²) in [5.74, 6) is -0.112. The van der Waals surface area contributed by atoms with Crippen LogP contribution in [0.5, 0.6) is 0 Å². The second-order valence-corrected chi connectivity index (χ2v) is 5.71. The molecule has 110 valence electrons. The average Bonchev–Trinajstić information content (AvgIpc) is 2.42. The minimum atomic E-state index is -0.112. The highest BCUT2D eigenvalue weighted by molar-refractivity contribution is 5.91. The van der Waals surface area contributed by atoms with Crippen molar-refractivity contribution in [3.05, 3.63) is 35.9 Å². The molecule has 0 atom stereocenters. The Labute approximate surface area is 120 Å². The number of hydrogen-bond donors (Lipinski definition) is 3. The van der Waals surface area contributed by atoms with Gasteiger partial charge in [-0.1, -0.05) is 26.0 Å². The molecule has 1 amide bonds. The van der Waals surface area contributed by atoms with Crippen LogP contribution < -0.4 is 11.1 Å². The summed E-state index contributed by atoms with van der Waals surface area (Å²) in [4.78, 5) is 11.7. The standard InChI is InChI=1S/C16H24N2O2/c1-16(2,10-3-11-19)12-18-15(20)9-6-13-4-7-14(17)8-5-13/h4-9,19H,3,10-12,17H2,1-2H3,(H,18,20)/b9-6+. The number of nitrogen functional groups attached to an aromatic ring is 1. The normalized spacial score (nSPS) is 11.8. The van der Waals surface area contributed by atoms with Crippen LogP contribution in [0.2, 0.25) is 0 Å². The zero-order valence-electron chi connectivity index (χ0n) is 12.2. The van der Waals surface area contributed by atoms with Crippen LogP contribution in [0.3, 0.4) is 0 Å². The van der Waals surface area contributed by atoms with Gasteiger partial charge >= 0.3 is 0 Å². The fourth-order valence-corrected chi connectivity index (χ4v) is 1.81. The molecule has 0 heterocycles. The third kappa shape index (κ3) is 6.38. The van der Waals surface area contributed by atoms with Crippen LogP contribution in [0.4, 0.5) is 5.69 Å². The van der Waals surface area contributed by atoms with Crippen LogP contribution in [0.1, 0.15) is 32.3 Å². The molecule has 1 aromatic carbocycles. The number of rotatable bonds is 7. The zero-order chi connectivity index (χ0) is 15.0. The Bertz CT molecular complexity index is 450. The van der Waals surface area contributed by atoms with Crippen LogP contribution in [0.25, 0.3) is 6.08 Å². The summed E-state index contributed by atoms with van der Waals surface area (Å²) in [6.07, 6.45) is 4.92. The van der Waals surface area contributed by atoms with E-state index in [2.05, 4.69) is 19.2 Å². The van der Waals surface area contributed by atoms with Crippen molar-refractivity contribution >= 4 is 17.7 Å². The van der Waals surface area contributed by atoms with E-state index in [0.29, 0.717) is 12.2 Å². The van der Waals surface area contributed by atoms with Gasteiger partial charge in [-0.3, -0.25) is 4.79 Å². The molecule has 0 saturated carbocycles. The van der Waals surface area contributed by atoms with Gasteiger partial charge in [-0.05, 0) is 42.0 Å². The van der Waals surface area contributed by atoms with E-state index < -0.39 is 0 Å². The highest BCUT2D eigenvalue weighted by atomic mass is 16.2. The highest BCUT2D eigenvalue weighted by Gasteiger charge is 2.17. The predicted octanol–water partition coefficient (Wildman–Crippen LogP) is 2.20. The number of hydrogen-bond acceptors (Lipinski definition) is 3. The molecule has 0 fully saturated rings. The first-order valence-corrected chi connectivity index (χ1v) is 6.85. The summed E-state index contributed by atoms with van der Waals surface area (Å²) in [6.45, 7) is 4.94. The third-order valence-electron chi connectivity index (χ3n) is 3.12. The van der Waals surface area contributed by atoms with E-state index in [1.165, 1.54) is 6.08 Å². The van der Waals surface area contributed by atoms with Gasteiger partial charge < -0.3 is 16.2 Å². The minimum absolute atomic E-state index is 0.00652. The van der Waals surface area contributed by atoms with Crippen LogP contribution in [-0.2, 0) is 4.79 Å². The number of nitrogens with two attached hydrogens (primary N) is 1. The van der Waals surface area contributed by atoms with Crippen molar-refractivity contribution in [2.75, 3.05) is 18.9 Å². The van der Waals surface area contributed by atoms with E-state index in [1.807, 2.05) is 12.1 Å². The smallest absolute Gasteiger partial charge is 0.244 e. The summed E-state index contributed by atoms with van der Waals surface area (Å²) in [5.41, 5.74) is 7.23. The number of aliphatic hydroxyl groups is 1. The topological polar surface area (TPSA) is 75.3 Å². The van der Waals surface area contributed by atoms with E-state index >= 15 is 0 Å². The second kappa shape index (κ2) is 7.70. The molecule has 4 heteroatoms. The lowest BCUT2D eigenvalue weighted by molar-refractivity contribution is -0.116. The first-order valence-electron chi connectivity index (χ1n) is 6.85. The van der Waals surface area contributed by atoms with Crippen molar-refractivity contribution in [3.63, 3.8) is 0 Å². The highest BCUT2D eigenvalue weighted by Crippen LogP contribution is 2.20. The molecule has 0 spiro atoms. The first-order chi connectivity index (χ1) is 9.43. The van der Waals surface area contributed by atoms with Crippen molar-refractivity contribution < 1.29 is 9.90 Å². The average molecular weight is 276 g/mol. The Kier molecular flexibility index (Phi) is 6.25. The Morgan fingerprint density at radius 2 is 2.00 bits per heavy atom. The minimum Gasteiger partial charge on any atom is -0.399 e. The first kappa shape index (κ1) is 16.2. The molecular weight excluding hydrogens is 252 g/mol. The summed E-state index contributed by atoms with van der Waals surface area (Å²) in [6, 6.07) is 7.33. The Balaban J connectivity index is 2.41. The fraction of sp³-hybridized carbons (Fsp3) is 0.438. The van der Waals surface area contributed by atoms with Crippen LogP contribution >= 0.6 is 0 Å². The van der Waals surface area contributed by atoms with Crippen molar-refractivity contribution in [2.45, 2.75) is 26.7 Å². The largest absolute Gasteiger partial charge is 0.399 e. The maximum Gasteiger partial charge on any atom is 0.244 e. The number of carbonyl (C=O) groups excluding carboxylic acids is 1. The molecule has 1 rings (SSSR count). The summed E-state index contributed by atoms with van der Waals surface area (Å²) in [7, 11) is 0. The summed E-state index contributed by atoms with van der Waals surface area (Å²) >= 11 is 0. The quantitative estimate of drug-likeness (QED) is 0.528. The Morgan fingerprint density at radius 3 is 2.60 bits per heavy atom. The van der Waals surface area contributed by atoms with Gasteiger partial charge in [0.15, 0.2) is 0 Å². The number of amides is 1. The molecule has 4 N–H and O–H groups in total. The second-order valence-electron chi connectivity index (χ2n) is 5.71. The number of anilines is 1. The van der Waals surface area contributed by atoms with Crippen molar-refractivity contribution in [2.24, 2.45) is 5.41 Å². The van der Waals surface area contributed by atoms with E-state index in [9.17, 15) is 4.79 Å². The van der Waals surface area contributed by atoms with E-state index in [1.54, 1.807) is 18.2 Å². The number of aliphatic hydroxyl groups excluding tert-OH is 1. The van der Waals surface area contributed by atoms with Gasteiger partial charge in [-0.25, -0.2) is 0 Å². The van der Waals surface area contributed by atoms with Crippen LogP contribution in [-0.4, -0.2) is 24.2 Å². The lowest BCUT2D eigenvalue weighted by Gasteiger charge is -2.24. The van der Waals surface area contributed by atoms with Gasteiger partial charge in [0, 0.05) is 24.9 Å². The lowest BCUT2D eigenvalue weighted by Crippen LogP contribution is -2.33. The molecule has 0 aliphatic heterocycles. The number of nitrogens with one attached hydrogen (secondary N) is 1. The van der Waals surface area contributed by atoms with Crippen molar-refractivity contribution in [3.8, 4) is 0 Å².